The van der Waals surface area contributed by atoms with Gasteiger partial charge < -0.3 is 0 Å². The number of hydrogen-bond donors (Lipinski definition) is 0. The van der Waals surface area contributed by atoms with E-state index in [-0.39, 0.29) is 11.1 Å². The third kappa shape index (κ3) is 2.46. The summed E-state index contributed by atoms with van der Waals surface area (Å²) in [6.07, 6.45) is 0. The van der Waals surface area contributed by atoms with E-state index >= 15 is 0 Å². The van der Waals surface area contributed by atoms with E-state index in [1.165, 1.54) is 0 Å². The fourth-order valence-electron chi connectivity index (χ4n) is 1.28. The van der Waals surface area contributed by atoms with Gasteiger partial charge in [0.05, 0.1) is 21.5 Å². The van der Waals surface area contributed by atoms with Gasteiger partial charge in [-0.3, -0.25) is 0 Å². The fourth-order valence-corrected chi connectivity index (χ4v) is 1.85. The Balaban J connectivity index is 2.61. The van der Waals surface area contributed by atoms with Gasteiger partial charge in [-0.1, -0.05) is 58.5 Å². The lowest BCUT2D eigenvalue weighted by molar-refractivity contribution is 1.61. The van der Waals surface area contributed by atoms with Crippen molar-refractivity contribution >= 4 is 46.4 Å². The van der Waals surface area contributed by atoms with Crippen LogP contribution in [-0.2, 0) is 0 Å². The van der Waals surface area contributed by atoms with Crippen molar-refractivity contribution in [1.82, 2.24) is 0 Å². The minimum absolute atomic E-state index is 0.178. The van der Waals surface area contributed by atoms with Crippen molar-refractivity contribution in [3.05, 3.63) is 56.5 Å². The molecule has 0 heterocycles. The van der Waals surface area contributed by atoms with E-state index in [0.29, 0.717) is 20.6 Å². The van der Waals surface area contributed by atoms with E-state index in [4.69, 9.17) is 47.8 Å². The third-order valence-electron chi connectivity index (χ3n) is 2.08. The summed E-state index contributed by atoms with van der Waals surface area (Å²) in [5.41, 5.74) is 1.45. The second-order valence-corrected chi connectivity index (χ2v) is 4.76. The molecule has 2 aromatic carbocycles. The molecule has 2 aromatic rings. The zero-order valence-corrected chi connectivity index (χ0v) is 10.9. The van der Waals surface area contributed by atoms with Crippen molar-refractivity contribution in [2.45, 2.75) is 0 Å². The quantitative estimate of drug-likeness (QED) is 0.608. The van der Waals surface area contributed by atoms with Crippen LogP contribution in [0.25, 0.3) is 11.1 Å². The summed E-state index contributed by atoms with van der Waals surface area (Å²) < 4.78 is 7.91. The Morgan fingerprint density at radius 2 is 1.25 bits per heavy atom. The van der Waals surface area contributed by atoms with Crippen LogP contribution >= 0.6 is 46.4 Å². The Hall–Kier alpha value is -0.400. The topological polar surface area (TPSA) is 0 Å². The second kappa shape index (κ2) is 4.85. The summed E-state index contributed by atoms with van der Waals surface area (Å²) >= 11 is 23.5. The number of hydrogen-bond acceptors (Lipinski definition) is 0. The molecule has 0 atom stereocenters. The fraction of sp³-hybridized carbons (Fsp3) is 0. The average molecular weight is 293 g/mol. The van der Waals surface area contributed by atoms with Gasteiger partial charge in [-0.25, -0.2) is 0 Å². The largest absolute Gasteiger partial charge is 0.0827 e. The Bertz CT molecular complexity index is 581. The molecular weight excluding hydrogens is 286 g/mol. The molecule has 0 spiro atoms. The maximum absolute atomic E-state index is 7.91. The predicted molar refractivity (Wildman–Crippen MR) is 71.9 cm³/mol. The number of halogens is 4. The molecule has 0 saturated heterocycles. The van der Waals surface area contributed by atoms with E-state index in [9.17, 15) is 0 Å². The van der Waals surface area contributed by atoms with Crippen molar-refractivity contribution in [3.8, 4) is 11.1 Å². The summed E-state index contributed by atoms with van der Waals surface area (Å²) in [5.74, 6) is 0. The molecule has 0 aliphatic rings. The number of benzene rings is 2. The van der Waals surface area contributed by atoms with Crippen molar-refractivity contribution in [1.29, 1.82) is 0 Å². The van der Waals surface area contributed by atoms with Crippen molar-refractivity contribution in [2.24, 2.45) is 0 Å². The van der Waals surface area contributed by atoms with Crippen LogP contribution in [0.15, 0.2) is 36.4 Å². The van der Waals surface area contributed by atoms with Crippen LogP contribution in [0.4, 0.5) is 0 Å². The summed E-state index contributed by atoms with van der Waals surface area (Å²) in [5, 5.41) is 1.51. The second-order valence-electron chi connectivity index (χ2n) is 3.16. The van der Waals surface area contributed by atoms with Crippen LogP contribution < -0.4 is 0 Å². The van der Waals surface area contributed by atoms with E-state index in [1.807, 2.05) is 0 Å². The molecule has 0 aliphatic carbocycles. The molecular formula is C12H6Cl4. The lowest BCUT2D eigenvalue weighted by Crippen LogP contribution is -1.79. The van der Waals surface area contributed by atoms with Crippen LogP contribution in [0.1, 0.15) is 1.37 Å². The Labute approximate surface area is 115 Å². The smallest absolute Gasteiger partial charge is 0.0646 e. The van der Waals surface area contributed by atoms with Crippen LogP contribution in [0.2, 0.25) is 20.1 Å². The molecule has 82 valence electrons. The van der Waals surface area contributed by atoms with Crippen molar-refractivity contribution in [3.63, 3.8) is 0 Å². The maximum atomic E-state index is 7.91. The van der Waals surface area contributed by atoms with E-state index < -0.39 is 0 Å². The van der Waals surface area contributed by atoms with Gasteiger partial charge in [0.25, 0.3) is 0 Å². The highest BCUT2D eigenvalue weighted by Crippen LogP contribution is 2.32. The van der Waals surface area contributed by atoms with Gasteiger partial charge in [0, 0.05) is 0 Å². The van der Waals surface area contributed by atoms with E-state index in [0.717, 1.165) is 5.56 Å². The lowest BCUT2D eigenvalue weighted by Gasteiger charge is -2.05. The lowest BCUT2D eigenvalue weighted by atomic mass is 10.1. The maximum Gasteiger partial charge on any atom is 0.0646 e. The predicted octanol–water partition coefficient (Wildman–Crippen LogP) is 5.97. The molecule has 16 heavy (non-hydrogen) atoms. The third-order valence-corrected chi connectivity index (χ3v) is 3.53. The first-order valence-electron chi connectivity index (χ1n) is 4.90. The molecule has 2 rings (SSSR count). The zero-order chi connectivity index (χ0) is 12.6. The molecule has 0 radical (unpaired) electrons. The van der Waals surface area contributed by atoms with Gasteiger partial charge >= 0.3 is 0 Å². The van der Waals surface area contributed by atoms with Crippen molar-refractivity contribution < 1.29 is 1.37 Å². The molecule has 0 nitrogen and oxygen atoms in total. The van der Waals surface area contributed by atoms with Crippen molar-refractivity contribution in [2.75, 3.05) is 0 Å². The van der Waals surface area contributed by atoms with Gasteiger partial charge in [-0.2, -0.15) is 0 Å². The van der Waals surface area contributed by atoms with Gasteiger partial charge in [0.2, 0.25) is 0 Å². The SMILES string of the molecule is [2H]c1c(-c2ccc(Cl)c(Cl)c2)ccc(Cl)c1Cl. The molecule has 0 aromatic heterocycles. The van der Waals surface area contributed by atoms with Gasteiger partial charge in [-0.15, -0.1) is 0 Å². The molecule has 0 fully saturated rings. The summed E-state index contributed by atoms with van der Waals surface area (Å²) in [4.78, 5) is 0. The molecule has 0 amide bonds. The molecule has 0 N–H and O–H groups in total. The summed E-state index contributed by atoms with van der Waals surface area (Å²) in [6.45, 7) is 0. The van der Waals surface area contributed by atoms with Crippen LogP contribution in [-0.4, -0.2) is 0 Å². The highest BCUT2D eigenvalue weighted by atomic mass is 35.5. The zero-order valence-electron chi connectivity index (χ0n) is 8.90. The monoisotopic (exact) mass is 291 g/mol. The van der Waals surface area contributed by atoms with Gasteiger partial charge in [0.1, 0.15) is 0 Å². The van der Waals surface area contributed by atoms with E-state index in [1.54, 1.807) is 30.3 Å². The Morgan fingerprint density at radius 1 is 0.688 bits per heavy atom. The molecule has 0 bridgehead atoms. The highest BCUT2D eigenvalue weighted by molar-refractivity contribution is 6.42. The van der Waals surface area contributed by atoms with Crippen LogP contribution in [0.5, 0.6) is 0 Å². The first-order valence-corrected chi connectivity index (χ1v) is 5.92. The minimum atomic E-state index is 0.178. The molecule has 0 unspecified atom stereocenters. The number of rotatable bonds is 1. The standard InChI is InChI=1S/C12H6Cl4/c13-9-3-1-7(5-11(9)15)8-2-4-10(14)12(16)6-8/h1-6H/i5D. The van der Waals surface area contributed by atoms with Gasteiger partial charge in [0.15, 0.2) is 0 Å². The first kappa shape index (κ1) is 10.7. The molecule has 0 saturated carbocycles. The highest BCUT2D eigenvalue weighted by Gasteiger charge is 2.04. The minimum Gasteiger partial charge on any atom is -0.0827 e. The first-order chi connectivity index (χ1) is 8.00. The van der Waals surface area contributed by atoms with E-state index in [2.05, 4.69) is 0 Å². The molecule has 4 heteroatoms. The normalized spacial score (nSPS) is 11.4. The summed E-state index contributed by atoms with van der Waals surface area (Å²) in [6, 6.07) is 8.72. The van der Waals surface area contributed by atoms with Gasteiger partial charge in [-0.05, 0) is 35.4 Å². The Morgan fingerprint density at radius 3 is 1.94 bits per heavy atom. The van der Waals surface area contributed by atoms with Crippen LogP contribution in [0, 0.1) is 0 Å². The summed E-state index contributed by atoms with van der Waals surface area (Å²) in [7, 11) is 0. The molecule has 0 aliphatic heterocycles. The Kier molecular flexibility index (Phi) is 3.25. The average Bonchev–Trinajstić information content (AvgIpc) is 2.30. The van der Waals surface area contributed by atoms with Crippen LogP contribution in [0.3, 0.4) is 0 Å².